The average molecular weight is 302 g/mol. The maximum atomic E-state index is 12.1. The van der Waals surface area contributed by atoms with Gasteiger partial charge >= 0.3 is 69.4 Å². The van der Waals surface area contributed by atoms with E-state index < -0.39 is 33.9 Å². The van der Waals surface area contributed by atoms with Gasteiger partial charge in [0.25, 0.3) is 0 Å². The van der Waals surface area contributed by atoms with E-state index in [2.05, 4.69) is 0 Å². The summed E-state index contributed by atoms with van der Waals surface area (Å²) in [5.74, 6) is -15.7. The Balaban J connectivity index is 0. The Morgan fingerprint density at radius 3 is 1.44 bits per heavy atom. The van der Waals surface area contributed by atoms with Crippen LogP contribution in [0.1, 0.15) is 0 Å². The maximum Gasteiger partial charge on any atom is 1.00 e. The molecule has 0 fully saturated rings. The van der Waals surface area contributed by atoms with Crippen LogP contribution in [0.4, 0.5) is 30.7 Å². The molecule has 16 heavy (non-hydrogen) atoms. The van der Waals surface area contributed by atoms with Crippen molar-refractivity contribution in [2.45, 2.75) is 18.0 Å². The first kappa shape index (κ1) is 19.4. The van der Waals surface area contributed by atoms with Gasteiger partial charge < -0.3 is 4.55 Å². The fourth-order valence-electron chi connectivity index (χ4n) is 0.520. The first-order valence-electron chi connectivity index (χ1n) is 2.97. The van der Waals surface area contributed by atoms with Crippen molar-refractivity contribution in [3.05, 3.63) is 0 Å². The van der Waals surface area contributed by atoms with Crippen LogP contribution in [0.3, 0.4) is 0 Å². The Morgan fingerprint density at radius 1 is 0.938 bits per heavy atom. The van der Waals surface area contributed by atoms with Gasteiger partial charge in [0.2, 0.25) is 0 Å². The maximum absolute atomic E-state index is 12.1. The van der Waals surface area contributed by atoms with E-state index in [0.717, 1.165) is 0 Å². The SMILES string of the molecule is O=S(=O)([O-])CC(F)(F)C(F)(F)C(F)(F)F.[K+]. The first-order valence-corrected chi connectivity index (χ1v) is 4.54. The zero-order valence-electron chi connectivity index (χ0n) is 7.49. The van der Waals surface area contributed by atoms with E-state index in [0.29, 0.717) is 0 Å². The molecule has 0 aliphatic heterocycles. The third-order valence-corrected chi connectivity index (χ3v) is 1.89. The van der Waals surface area contributed by atoms with E-state index in [-0.39, 0.29) is 51.4 Å². The molecule has 0 radical (unpaired) electrons. The minimum atomic E-state index is -6.64. The third kappa shape index (κ3) is 4.74. The monoisotopic (exact) mass is 302 g/mol. The van der Waals surface area contributed by atoms with Crippen LogP contribution in [0.2, 0.25) is 0 Å². The molecular weight excluding hydrogens is 300 g/mol. The van der Waals surface area contributed by atoms with Gasteiger partial charge in [-0.3, -0.25) is 0 Å². The van der Waals surface area contributed by atoms with Crippen LogP contribution in [0.15, 0.2) is 0 Å². The van der Waals surface area contributed by atoms with Gasteiger partial charge in [0.15, 0.2) is 0 Å². The van der Waals surface area contributed by atoms with Crippen LogP contribution in [0.5, 0.6) is 0 Å². The van der Waals surface area contributed by atoms with Crippen molar-refractivity contribution in [2.75, 3.05) is 5.75 Å². The third-order valence-electron chi connectivity index (χ3n) is 1.17. The fourth-order valence-corrected chi connectivity index (χ4v) is 1.15. The summed E-state index contributed by atoms with van der Waals surface area (Å²) in [4.78, 5) is 0. The number of hydrogen-bond acceptors (Lipinski definition) is 3. The van der Waals surface area contributed by atoms with E-state index in [4.69, 9.17) is 0 Å². The molecule has 92 valence electrons. The summed E-state index contributed by atoms with van der Waals surface area (Å²) in [6.45, 7) is 0. The minimum absolute atomic E-state index is 0. The van der Waals surface area contributed by atoms with Gasteiger partial charge in [-0.05, 0) is 0 Å². The number of halogens is 7. The summed E-state index contributed by atoms with van der Waals surface area (Å²) >= 11 is 0. The van der Waals surface area contributed by atoms with Gasteiger partial charge in [0.05, 0.1) is 0 Å². The molecule has 0 saturated heterocycles. The molecule has 0 amide bonds. The molecule has 0 spiro atoms. The first-order chi connectivity index (χ1) is 6.21. The molecule has 0 unspecified atom stereocenters. The molecule has 0 heterocycles. The summed E-state index contributed by atoms with van der Waals surface area (Å²) in [5, 5.41) is 0. The Bertz CT molecular complexity index is 334. The summed E-state index contributed by atoms with van der Waals surface area (Å²) < 4.78 is 111. The van der Waals surface area contributed by atoms with Crippen LogP contribution >= 0.6 is 0 Å². The van der Waals surface area contributed by atoms with Gasteiger partial charge in [-0.2, -0.15) is 30.7 Å². The van der Waals surface area contributed by atoms with E-state index in [9.17, 15) is 43.7 Å². The molecule has 0 aliphatic rings. The molecule has 0 saturated carbocycles. The average Bonchev–Trinajstić information content (AvgIpc) is 1.77. The molecule has 0 aromatic rings. The molecule has 0 bridgehead atoms. The van der Waals surface area contributed by atoms with E-state index >= 15 is 0 Å². The van der Waals surface area contributed by atoms with Gasteiger partial charge in [-0.15, -0.1) is 0 Å². The predicted molar refractivity (Wildman–Crippen MR) is 30.5 cm³/mol. The normalized spacial score (nSPS) is 14.5. The van der Waals surface area contributed by atoms with E-state index in [1.165, 1.54) is 0 Å². The van der Waals surface area contributed by atoms with Crippen LogP contribution in [0, 0.1) is 0 Å². The van der Waals surface area contributed by atoms with Gasteiger partial charge in [-0.25, -0.2) is 8.42 Å². The summed E-state index contributed by atoms with van der Waals surface area (Å²) in [6, 6.07) is 0. The molecule has 0 aliphatic carbocycles. The Hall–Kier alpha value is 1.06. The quantitative estimate of drug-likeness (QED) is 0.357. The van der Waals surface area contributed by atoms with Crippen molar-refractivity contribution in [2.24, 2.45) is 0 Å². The topological polar surface area (TPSA) is 57.2 Å². The van der Waals surface area contributed by atoms with Crippen molar-refractivity contribution in [1.29, 1.82) is 0 Å². The van der Waals surface area contributed by atoms with Crippen molar-refractivity contribution in [3.8, 4) is 0 Å². The van der Waals surface area contributed by atoms with Crippen molar-refractivity contribution in [1.82, 2.24) is 0 Å². The standard InChI is InChI=1S/C4H3F7O3S.K/c5-2(6,1-15(12,13)14)3(7,8)4(9,10)11;/h1H2,(H,12,13,14);/q;+1/p-1. The van der Waals surface area contributed by atoms with Crippen LogP contribution < -0.4 is 51.4 Å². The smallest absolute Gasteiger partial charge is 0.748 e. The largest absolute Gasteiger partial charge is 1.00 e. The fraction of sp³-hybridized carbons (Fsp3) is 1.00. The summed E-state index contributed by atoms with van der Waals surface area (Å²) in [7, 11) is -5.91. The van der Waals surface area contributed by atoms with E-state index in [1.54, 1.807) is 0 Å². The van der Waals surface area contributed by atoms with Crippen LogP contribution in [-0.4, -0.2) is 36.7 Å². The van der Waals surface area contributed by atoms with Crippen LogP contribution in [0.25, 0.3) is 0 Å². The molecule has 0 aromatic carbocycles. The molecule has 3 nitrogen and oxygen atoms in total. The Morgan fingerprint density at radius 2 is 1.25 bits per heavy atom. The number of alkyl halides is 7. The second kappa shape index (κ2) is 5.36. The van der Waals surface area contributed by atoms with Crippen molar-refractivity contribution < 1.29 is 95.1 Å². The molecular formula is C4H2F7KO3S. The van der Waals surface area contributed by atoms with Gasteiger partial charge in [0, 0.05) is 0 Å². The molecule has 0 aromatic heterocycles. The molecule has 0 N–H and O–H groups in total. The minimum Gasteiger partial charge on any atom is -0.748 e. The molecule has 0 atom stereocenters. The Labute approximate surface area is 128 Å². The summed E-state index contributed by atoms with van der Waals surface area (Å²) in [5.41, 5.74) is 0. The Kier molecular flexibility index (Phi) is 6.50. The van der Waals surface area contributed by atoms with Crippen LogP contribution in [-0.2, 0) is 10.1 Å². The summed E-state index contributed by atoms with van der Waals surface area (Å²) in [6.07, 6.45) is -6.64. The number of hydrogen-bond donors (Lipinski definition) is 0. The second-order valence-electron chi connectivity index (χ2n) is 2.48. The van der Waals surface area contributed by atoms with E-state index in [1.807, 2.05) is 0 Å². The predicted octanol–water partition coefficient (Wildman–Crippen LogP) is -1.63. The van der Waals surface area contributed by atoms with Crippen molar-refractivity contribution in [3.63, 3.8) is 0 Å². The van der Waals surface area contributed by atoms with Gasteiger partial charge in [0.1, 0.15) is 15.9 Å². The molecule has 0 rings (SSSR count). The zero-order chi connectivity index (χ0) is 12.7. The zero-order valence-corrected chi connectivity index (χ0v) is 11.4. The second-order valence-corrected chi connectivity index (χ2v) is 3.88. The van der Waals surface area contributed by atoms with Gasteiger partial charge in [-0.1, -0.05) is 0 Å². The van der Waals surface area contributed by atoms with Crippen molar-refractivity contribution >= 4 is 10.1 Å². The number of rotatable bonds is 3. The molecule has 12 heteroatoms.